The van der Waals surface area contributed by atoms with E-state index >= 15 is 0 Å². The Labute approximate surface area is 98.3 Å². The van der Waals surface area contributed by atoms with E-state index in [0.717, 1.165) is 0 Å². The molecule has 0 aliphatic carbocycles. The van der Waals surface area contributed by atoms with Gasteiger partial charge in [0.15, 0.2) is 6.10 Å². The average Bonchev–Trinajstić information content (AvgIpc) is 2.28. The maximum absolute atomic E-state index is 13.7. The summed E-state index contributed by atoms with van der Waals surface area (Å²) in [5.74, 6) is -2.20. The van der Waals surface area contributed by atoms with Crippen molar-refractivity contribution in [2.24, 2.45) is 0 Å². The molecule has 1 aromatic carbocycles. The smallest absolute Gasteiger partial charge is 0.333 e. The number of hydrogen-bond donors (Lipinski definition) is 2. The van der Waals surface area contributed by atoms with Gasteiger partial charge in [0.1, 0.15) is 5.82 Å². The molecular formula is C12H14FNO3. The topological polar surface area (TPSA) is 60.8 Å². The van der Waals surface area contributed by atoms with Crippen molar-refractivity contribution in [2.45, 2.75) is 18.4 Å². The Kier molecular flexibility index (Phi) is 3.02. The molecule has 0 bridgehead atoms. The fourth-order valence-electron chi connectivity index (χ4n) is 2.33. The summed E-state index contributed by atoms with van der Waals surface area (Å²) in [4.78, 5) is 12.6. The van der Waals surface area contributed by atoms with Crippen molar-refractivity contribution < 1.29 is 19.4 Å². The molecule has 1 aromatic rings. The highest BCUT2D eigenvalue weighted by atomic mass is 19.1. The Morgan fingerprint density at radius 2 is 2.29 bits per heavy atom. The van der Waals surface area contributed by atoms with E-state index in [1.807, 2.05) is 0 Å². The molecule has 0 aromatic heterocycles. The van der Waals surface area contributed by atoms with Crippen LogP contribution in [-0.4, -0.2) is 35.9 Å². The number of anilines is 1. The van der Waals surface area contributed by atoms with Crippen molar-refractivity contribution >= 4 is 11.7 Å². The van der Waals surface area contributed by atoms with Gasteiger partial charge in [-0.05, 0) is 18.1 Å². The number of fused-ring (bicyclic) bond motifs is 1. The van der Waals surface area contributed by atoms with Crippen molar-refractivity contribution in [2.75, 3.05) is 18.5 Å². The predicted molar refractivity (Wildman–Crippen MR) is 60.7 cm³/mol. The van der Waals surface area contributed by atoms with Crippen LogP contribution in [0.4, 0.5) is 10.1 Å². The molecule has 1 heterocycles. The third-order valence-electron chi connectivity index (χ3n) is 3.21. The number of carbonyl (C=O) groups is 1. The molecule has 0 amide bonds. The first-order valence-corrected chi connectivity index (χ1v) is 5.42. The molecule has 2 atom stereocenters. The van der Waals surface area contributed by atoms with Crippen molar-refractivity contribution in [3.63, 3.8) is 0 Å². The number of benzene rings is 1. The molecule has 0 saturated carbocycles. The molecule has 0 radical (unpaired) electrons. The third kappa shape index (κ3) is 1.98. The Morgan fingerprint density at radius 1 is 1.59 bits per heavy atom. The van der Waals surface area contributed by atoms with Crippen molar-refractivity contribution in [3.05, 3.63) is 29.6 Å². The number of aliphatic carboxylic acids is 1. The standard InChI is InChI=1S/C12H14FNO3/c1-14-6-5-8(11(15)12(16)17)7-3-2-4-9(13)10(7)14/h2-4,8,11,15H,5-6H2,1H3,(H,16,17). The van der Waals surface area contributed by atoms with Crippen LogP contribution in [0.25, 0.3) is 0 Å². The van der Waals surface area contributed by atoms with Gasteiger partial charge in [0.2, 0.25) is 0 Å². The highest BCUT2D eigenvalue weighted by Gasteiger charge is 2.33. The molecule has 2 rings (SSSR count). The predicted octanol–water partition coefficient (Wildman–Crippen LogP) is 1.19. The monoisotopic (exact) mass is 239 g/mol. The minimum atomic E-state index is -1.48. The molecule has 0 saturated heterocycles. The van der Waals surface area contributed by atoms with Gasteiger partial charge < -0.3 is 15.1 Å². The molecule has 0 fully saturated rings. The van der Waals surface area contributed by atoms with Gasteiger partial charge in [-0.25, -0.2) is 9.18 Å². The maximum Gasteiger partial charge on any atom is 0.333 e. The number of hydrogen-bond acceptors (Lipinski definition) is 3. The number of aliphatic hydroxyl groups is 1. The first-order valence-electron chi connectivity index (χ1n) is 5.42. The van der Waals surface area contributed by atoms with Crippen LogP contribution in [0.1, 0.15) is 17.9 Å². The van der Waals surface area contributed by atoms with E-state index in [-0.39, 0.29) is 5.82 Å². The second kappa shape index (κ2) is 4.33. The van der Waals surface area contributed by atoms with E-state index in [4.69, 9.17) is 5.11 Å². The van der Waals surface area contributed by atoms with Crippen LogP contribution >= 0.6 is 0 Å². The summed E-state index contributed by atoms with van der Waals surface area (Å²) in [6.45, 7) is 0.531. The fraction of sp³-hybridized carbons (Fsp3) is 0.417. The van der Waals surface area contributed by atoms with E-state index in [2.05, 4.69) is 0 Å². The summed E-state index contributed by atoms with van der Waals surface area (Å²) in [5, 5.41) is 18.5. The van der Waals surface area contributed by atoms with Crippen LogP contribution < -0.4 is 4.90 Å². The second-order valence-electron chi connectivity index (χ2n) is 4.28. The van der Waals surface area contributed by atoms with E-state index in [0.29, 0.717) is 24.2 Å². The normalized spacial score (nSPS) is 20.9. The molecule has 92 valence electrons. The Bertz CT molecular complexity index is 449. The van der Waals surface area contributed by atoms with Crippen LogP contribution in [0.5, 0.6) is 0 Å². The van der Waals surface area contributed by atoms with E-state index in [9.17, 15) is 14.3 Å². The maximum atomic E-state index is 13.7. The lowest BCUT2D eigenvalue weighted by Crippen LogP contribution is -2.36. The number of carboxylic acid groups (broad SMARTS) is 1. The van der Waals surface area contributed by atoms with Crippen molar-refractivity contribution in [3.8, 4) is 0 Å². The van der Waals surface area contributed by atoms with Crippen LogP contribution in [0.3, 0.4) is 0 Å². The number of nitrogens with zero attached hydrogens (tertiary/aromatic N) is 1. The molecule has 4 nitrogen and oxygen atoms in total. The first kappa shape index (κ1) is 11.9. The number of aliphatic hydroxyl groups excluding tert-OH is 1. The molecule has 0 spiro atoms. The van der Waals surface area contributed by atoms with Crippen LogP contribution in [0.2, 0.25) is 0 Å². The van der Waals surface area contributed by atoms with Gasteiger partial charge in [-0.2, -0.15) is 0 Å². The third-order valence-corrected chi connectivity index (χ3v) is 3.21. The lowest BCUT2D eigenvalue weighted by Gasteiger charge is -2.34. The van der Waals surface area contributed by atoms with Gasteiger partial charge in [0.05, 0.1) is 5.69 Å². The van der Waals surface area contributed by atoms with Gasteiger partial charge in [-0.1, -0.05) is 12.1 Å². The minimum absolute atomic E-state index is 0.382. The highest BCUT2D eigenvalue weighted by molar-refractivity contribution is 5.75. The zero-order chi connectivity index (χ0) is 12.6. The summed E-state index contributed by atoms with van der Waals surface area (Å²) in [6, 6.07) is 4.55. The zero-order valence-corrected chi connectivity index (χ0v) is 9.43. The van der Waals surface area contributed by atoms with Gasteiger partial charge in [-0.3, -0.25) is 0 Å². The van der Waals surface area contributed by atoms with E-state index < -0.39 is 18.0 Å². The van der Waals surface area contributed by atoms with Crippen molar-refractivity contribution in [1.29, 1.82) is 0 Å². The zero-order valence-electron chi connectivity index (χ0n) is 9.43. The lowest BCUT2D eigenvalue weighted by molar-refractivity contribution is -0.148. The summed E-state index contributed by atoms with van der Waals surface area (Å²) < 4.78 is 13.7. The largest absolute Gasteiger partial charge is 0.479 e. The molecule has 2 N–H and O–H groups in total. The summed E-state index contributed by atoms with van der Waals surface area (Å²) in [7, 11) is 1.76. The van der Waals surface area contributed by atoms with E-state index in [1.54, 1.807) is 18.0 Å². The summed E-state index contributed by atoms with van der Waals surface area (Å²) in [6.07, 6.45) is -0.982. The quantitative estimate of drug-likeness (QED) is 0.814. The lowest BCUT2D eigenvalue weighted by atomic mass is 9.85. The molecular weight excluding hydrogens is 225 g/mol. The highest BCUT2D eigenvalue weighted by Crippen LogP contribution is 2.38. The molecule has 2 unspecified atom stereocenters. The first-order chi connectivity index (χ1) is 8.02. The number of carboxylic acids is 1. The van der Waals surface area contributed by atoms with Gasteiger partial charge in [-0.15, -0.1) is 0 Å². The fourth-order valence-corrected chi connectivity index (χ4v) is 2.33. The van der Waals surface area contributed by atoms with Crippen LogP contribution in [0.15, 0.2) is 18.2 Å². The summed E-state index contributed by atoms with van der Waals surface area (Å²) in [5.41, 5.74) is 0.956. The Morgan fingerprint density at radius 3 is 2.94 bits per heavy atom. The number of rotatable bonds is 2. The van der Waals surface area contributed by atoms with Gasteiger partial charge in [0, 0.05) is 19.5 Å². The van der Waals surface area contributed by atoms with E-state index in [1.165, 1.54) is 12.1 Å². The number of para-hydroxylation sites is 1. The Hall–Kier alpha value is -1.62. The molecule has 1 aliphatic heterocycles. The molecule has 17 heavy (non-hydrogen) atoms. The van der Waals surface area contributed by atoms with Gasteiger partial charge in [0.25, 0.3) is 0 Å². The van der Waals surface area contributed by atoms with Gasteiger partial charge >= 0.3 is 5.97 Å². The number of halogens is 1. The van der Waals surface area contributed by atoms with Crippen LogP contribution in [-0.2, 0) is 4.79 Å². The van der Waals surface area contributed by atoms with Crippen molar-refractivity contribution in [1.82, 2.24) is 0 Å². The SMILES string of the molecule is CN1CCC(C(O)C(=O)O)c2cccc(F)c21. The minimum Gasteiger partial charge on any atom is -0.479 e. The molecule has 5 heteroatoms. The summed E-state index contributed by atoms with van der Waals surface area (Å²) >= 11 is 0. The van der Waals surface area contributed by atoms with Crippen LogP contribution in [0, 0.1) is 5.82 Å². The Balaban J connectivity index is 2.46. The second-order valence-corrected chi connectivity index (χ2v) is 4.28. The average molecular weight is 239 g/mol. The molecule has 1 aliphatic rings.